The molecule has 4 aromatic rings. The van der Waals surface area contributed by atoms with Gasteiger partial charge in [0.2, 0.25) is 34.8 Å². The molecular formula is C28H18F8O5. The lowest BCUT2D eigenvalue weighted by atomic mass is 10.0. The van der Waals surface area contributed by atoms with Crippen molar-refractivity contribution in [3.8, 4) is 56.8 Å². The summed E-state index contributed by atoms with van der Waals surface area (Å²) in [6.45, 7) is 0. The van der Waals surface area contributed by atoms with Crippen molar-refractivity contribution >= 4 is 0 Å². The highest BCUT2D eigenvalue weighted by atomic mass is 19.2. The molecule has 0 atom stereocenters. The maximum absolute atomic E-state index is 15.0. The highest BCUT2D eigenvalue weighted by molar-refractivity contribution is 5.71. The van der Waals surface area contributed by atoms with Crippen LogP contribution in [-0.2, 0) is 0 Å². The van der Waals surface area contributed by atoms with Gasteiger partial charge in [-0.25, -0.2) is 17.6 Å². The lowest BCUT2D eigenvalue weighted by molar-refractivity contribution is 0.326. The molecule has 0 aliphatic carbocycles. The Morgan fingerprint density at radius 2 is 0.610 bits per heavy atom. The smallest absolute Gasteiger partial charge is 0.205 e. The predicted octanol–water partition coefficient (Wildman–Crippen LogP) is 7.96. The highest BCUT2D eigenvalue weighted by Crippen LogP contribution is 2.43. The third-order valence-electron chi connectivity index (χ3n) is 5.93. The molecule has 0 spiro atoms. The fraction of sp³-hybridized carbons (Fsp3) is 0.143. The van der Waals surface area contributed by atoms with Gasteiger partial charge in [0.25, 0.3) is 0 Å². The molecule has 13 heteroatoms. The van der Waals surface area contributed by atoms with Gasteiger partial charge >= 0.3 is 0 Å². The minimum Gasteiger partial charge on any atom is -0.497 e. The van der Waals surface area contributed by atoms with E-state index in [-0.39, 0.29) is 23.0 Å². The fourth-order valence-corrected chi connectivity index (χ4v) is 3.91. The summed E-state index contributed by atoms with van der Waals surface area (Å²) < 4.78 is 144. The summed E-state index contributed by atoms with van der Waals surface area (Å²) in [5.41, 5.74) is -3.36. The van der Waals surface area contributed by atoms with Crippen LogP contribution in [0.2, 0.25) is 0 Å². The maximum atomic E-state index is 15.0. The van der Waals surface area contributed by atoms with Gasteiger partial charge in [-0.3, -0.25) is 0 Å². The van der Waals surface area contributed by atoms with Crippen molar-refractivity contribution < 1.29 is 58.8 Å². The molecule has 4 rings (SSSR count). The van der Waals surface area contributed by atoms with Gasteiger partial charge in [-0.1, -0.05) is 0 Å². The summed E-state index contributed by atoms with van der Waals surface area (Å²) in [4.78, 5) is 0. The summed E-state index contributed by atoms with van der Waals surface area (Å²) in [6.07, 6.45) is 0. The van der Waals surface area contributed by atoms with Crippen molar-refractivity contribution in [1.29, 1.82) is 0 Å². The third kappa shape index (κ3) is 5.14. The molecule has 0 fully saturated rings. The Bertz CT molecular complexity index is 1430. The van der Waals surface area contributed by atoms with Crippen LogP contribution in [0, 0.1) is 46.5 Å². The number of methoxy groups -OCH3 is 4. The molecule has 5 nitrogen and oxygen atoms in total. The molecule has 0 heterocycles. The van der Waals surface area contributed by atoms with Gasteiger partial charge in [-0.2, -0.15) is 17.6 Å². The van der Waals surface area contributed by atoms with E-state index in [2.05, 4.69) is 4.74 Å². The molecule has 0 bridgehead atoms. The number of hydrogen-bond donors (Lipinski definition) is 0. The molecular weight excluding hydrogens is 568 g/mol. The minimum absolute atomic E-state index is 0.00290. The van der Waals surface area contributed by atoms with Crippen LogP contribution in [0.3, 0.4) is 0 Å². The quantitative estimate of drug-likeness (QED) is 0.155. The van der Waals surface area contributed by atoms with Crippen LogP contribution < -0.4 is 23.7 Å². The van der Waals surface area contributed by atoms with E-state index in [9.17, 15) is 17.6 Å². The molecule has 0 radical (unpaired) electrons. The Morgan fingerprint density at radius 1 is 0.366 bits per heavy atom. The average Bonchev–Trinajstić information content (AvgIpc) is 2.98. The summed E-state index contributed by atoms with van der Waals surface area (Å²) in [6, 6.07) is 6.73. The second-order valence-electron chi connectivity index (χ2n) is 8.22. The van der Waals surface area contributed by atoms with Crippen molar-refractivity contribution in [2.24, 2.45) is 0 Å². The van der Waals surface area contributed by atoms with Crippen LogP contribution in [-0.4, -0.2) is 28.4 Å². The number of hydrogen-bond acceptors (Lipinski definition) is 5. The Balaban J connectivity index is 1.87. The molecule has 0 amide bonds. The zero-order chi connectivity index (χ0) is 30.2. The molecule has 0 N–H and O–H groups in total. The van der Waals surface area contributed by atoms with E-state index in [1.807, 2.05) is 0 Å². The van der Waals surface area contributed by atoms with Gasteiger partial charge in [-0.05, 0) is 35.4 Å². The van der Waals surface area contributed by atoms with Gasteiger partial charge < -0.3 is 23.7 Å². The topological polar surface area (TPSA) is 46.2 Å². The van der Waals surface area contributed by atoms with Crippen molar-refractivity contribution in [3.63, 3.8) is 0 Å². The van der Waals surface area contributed by atoms with Crippen LogP contribution in [0.1, 0.15) is 0 Å². The highest BCUT2D eigenvalue weighted by Gasteiger charge is 2.33. The van der Waals surface area contributed by atoms with Crippen molar-refractivity contribution in [1.82, 2.24) is 0 Å². The van der Waals surface area contributed by atoms with Gasteiger partial charge in [0, 0.05) is 12.1 Å². The lowest BCUT2D eigenvalue weighted by Crippen LogP contribution is -2.08. The first-order valence-electron chi connectivity index (χ1n) is 11.3. The Kier molecular flexibility index (Phi) is 8.17. The zero-order valence-electron chi connectivity index (χ0n) is 21.5. The van der Waals surface area contributed by atoms with Crippen LogP contribution in [0.25, 0.3) is 22.3 Å². The molecule has 41 heavy (non-hydrogen) atoms. The largest absolute Gasteiger partial charge is 0.497 e. The van der Waals surface area contributed by atoms with Gasteiger partial charge in [0.05, 0.1) is 39.6 Å². The molecule has 216 valence electrons. The van der Waals surface area contributed by atoms with E-state index in [0.717, 1.165) is 24.3 Å². The van der Waals surface area contributed by atoms with E-state index >= 15 is 17.6 Å². The molecule has 0 saturated heterocycles. The van der Waals surface area contributed by atoms with E-state index in [0.29, 0.717) is 0 Å². The molecule has 0 aromatic heterocycles. The molecule has 0 saturated carbocycles. The first-order valence-corrected chi connectivity index (χ1v) is 11.3. The third-order valence-corrected chi connectivity index (χ3v) is 5.93. The average molecular weight is 586 g/mol. The molecule has 4 aromatic carbocycles. The van der Waals surface area contributed by atoms with E-state index in [1.165, 1.54) is 40.6 Å². The zero-order valence-corrected chi connectivity index (χ0v) is 21.5. The summed E-state index contributed by atoms with van der Waals surface area (Å²) in [5.74, 6) is -21.2. The van der Waals surface area contributed by atoms with E-state index in [4.69, 9.17) is 18.9 Å². The van der Waals surface area contributed by atoms with Crippen molar-refractivity contribution in [2.75, 3.05) is 28.4 Å². The van der Waals surface area contributed by atoms with Crippen LogP contribution in [0.15, 0.2) is 36.4 Å². The Morgan fingerprint density at radius 3 is 0.829 bits per heavy atom. The lowest BCUT2D eigenvalue weighted by Gasteiger charge is -2.17. The minimum atomic E-state index is -2.25. The fourth-order valence-electron chi connectivity index (χ4n) is 3.91. The van der Waals surface area contributed by atoms with Crippen LogP contribution in [0.5, 0.6) is 34.5 Å². The van der Waals surface area contributed by atoms with Gasteiger partial charge in [0.15, 0.2) is 23.3 Å². The second kappa shape index (κ2) is 11.4. The van der Waals surface area contributed by atoms with Gasteiger partial charge in [0.1, 0.15) is 23.0 Å². The first kappa shape index (κ1) is 29.3. The molecule has 0 aliphatic rings. The number of ether oxygens (including phenoxy) is 5. The number of benzene rings is 4. The van der Waals surface area contributed by atoms with Crippen molar-refractivity contribution in [3.05, 3.63) is 82.9 Å². The van der Waals surface area contributed by atoms with E-state index in [1.54, 1.807) is 0 Å². The van der Waals surface area contributed by atoms with Crippen LogP contribution >= 0.6 is 0 Å². The molecule has 0 aliphatic heterocycles. The van der Waals surface area contributed by atoms with Crippen LogP contribution in [0.4, 0.5) is 35.1 Å². The molecule has 0 unspecified atom stereocenters. The van der Waals surface area contributed by atoms with Crippen molar-refractivity contribution in [2.45, 2.75) is 0 Å². The first-order chi connectivity index (χ1) is 19.5. The Hall–Kier alpha value is -4.68. The van der Waals surface area contributed by atoms with E-state index < -0.39 is 80.3 Å². The summed E-state index contributed by atoms with van der Waals surface area (Å²) >= 11 is 0. The maximum Gasteiger partial charge on any atom is 0.205 e. The van der Waals surface area contributed by atoms with Gasteiger partial charge in [-0.15, -0.1) is 0 Å². The standard InChI is InChI=1S/C28H18F8O5/c1-37-13-5-11(6-14(9-13)38-2)17-19(29)23(33)27(24(34)20(17)30)41-28-25(35)21(31)18(22(32)26(28)36)12-7-15(39-3)10-16(8-12)40-4/h5-10H,1-4H3. The number of rotatable bonds is 8. The summed E-state index contributed by atoms with van der Waals surface area (Å²) in [5, 5.41) is 0. The summed E-state index contributed by atoms with van der Waals surface area (Å²) in [7, 11) is 4.84. The SMILES string of the molecule is COc1cc(OC)cc(-c2c(F)c(F)c(Oc3c(F)c(F)c(-c4cc(OC)cc(OC)c4)c(F)c3F)c(F)c2F)c1. The second-order valence-corrected chi connectivity index (χ2v) is 8.22. The predicted molar refractivity (Wildman–Crippen MR) is 130 cm³/mol. The normalized spacial score (nSPS) is 10.9. The monoisotopic (exact) mass is 586 g/mol. The number of halogens is 8. The Labute approximate surface area is 227 Å².